The molecule has 1 aliphatic heterocycles. The molecule has 1 rings (SSSR count). The molecule has 1 aliphatic rings. The Morgan fingerprint density at radius 3 is 1.47 bits per heavy atom. The van der Waals surface area contributed by atoms with Crippen molar-refractivity contribution in [3.05, 3.63) is 21.8 Å². The molecule has 1 saturated heterocycles. The molecule has 0 aromatic heterocycles. The van der Waals surface area contributed by atoms with Crippen LogP contribution in [0.2, 0.25) is 0 Å². The van der Waals surface area contributed by atoms with Gasteiger partial charge in [0.15, 0.2) is 0 Å². The van der Waals surface area contributed by atoms with Crippen LogP contribution in [-0.4, -0.2) is 50.6 Å². The first-order valence-electron chi connectivity index (χ1n) is 4.29. The molecule has 0 atom stereocenters. The van der Waals surface area contributed by atoms with E-state index in [2.05, 4.69) is 18.9 Å². The summed E-state index contributed by atoms with van der Waals surface area (Å²) in [5.74, 6) is 0. The van der Waals surface area contributed by atoms with Gasteiger partial charge in [-0.3, -0.25) is 0 Å². The fourth-order valence-corrected chi connectivity index (χ4v) is 0.875. The van der Waals surface area contributed by atoms with Gasteiger partial charge >= 0.3 is 0 Å². The van der Waals surface area contributed by atoms with Crippen LogP contribution in [0.4, 0.5) is 0 Å². The van der Waals surface area contributed by atoms with E-state index in [0.717, 1.165) is 6.54 Å². The van der Waals surface area contributed by atoms with Crippen LogP contribution < -0.4 is 0 Å². The van der Waals surface area contributed by atoms with Gasteiger partial charge in [0.25, 0.3) is 0 Å². The summed E-state index contributed by atoms with van der Waals surface area (Å²) in [6.45, 7) is 7.14. The van der Waals surface area contributed by atoms with Crippen molar-refractivity contribution in [2.24, 2.45) is 0 Å². The van der Waals surface area contributed by atoms with Gasteiger partial charge < -0.3 is 31.6 Å². The third kappa shape index (κ3) is 25.7. The summed E-state index contributed by atoms with van der Waals surface area (Å²) in [7, 11) is 6.16. The smallest absolute Gasteiger partial charge is 0 e. The van der Waals surface area contributed by atoms with Gasteiger partial charge in [-0.2, -0.15) is 0 Å². The van der Waals surface area contributed by atoms with Crippen LogP contribution in [0.25, 0.3) is 0 Å². The molecular formula is C11H27N2WY-3. The first kappa shape index (κ1) is 30.1. The molecule has 0 amide bonds. The minimum Gasteiger partial charge on any atom is -0.358 e. The topological polar surface area (TPSA) is 6.48 Å². The van der Waals surface area contributed by atoms with Crippen molar-refractivity contribution in [2.75, 3.05) is 40.8 Å². The normalized spacial score (nSPS) is 13.4. The van der Waals surface area contributed by atoms with Gasteiger partial charge in [0, 0.05) is 53.8 Å². The first-order chi connectivity index (χ1) is 5.16. The molecule has 93 valence electrons. The number of nitrogens with zero attached hydrogens (tertiary/aromatic N) is 2. The molecule has 0 aliphatic carbocycles. The molecule has 1 heterocycles. The Labute approximate surface area is 138 Å². The Morgan fingerprint density at radius 2 is 1.40 bits per heavy atom. The van der Waals surface area contributed by atoms with Gasteiger partial charge in [-0.05, 0) is 47.1 Å². The van der Waals surface area contributed by atoms with Crippen LogP contribution in [-0.2, 0) is 53.8 Å². The van der Waals surface area contributed by atoms with Gasteiger partial charge in [0.05, 0.1) is 0 Å². The maximum atomic E-state index is 3.61. The Morgan fingerprint density at radius 1 is 1.13 bits per heavy atom. The van der Waals surface area contributed by atoms with Crippen molar-refractivity contribution < 1.29 is 53.8 Å². The molecule has 0 N–H and O–H groups in total. The quantitative estimate of drug-likeness (QED) is 0.553. The first-order valence-corrected chi connectivity index (χ1v) is 4.29. The zero-order chi connectivity index (χ0) is 8.69. The fourth-order valence-electron chi connectivity index (χ4n) is 0.875. The van der Waals surface area contributed by atoms with E-state index in [4.69, 9.17) is 0 Å². The van der Waals surface area contributed by atoms with Gasteiger partial charge in [-0.15, -0.1) is 6.54 Å². The Bertz CT molecular complexity index is 86.7. The molecule has 0 bridgehead atoms. The van der Waals surface area contributed by atoms with Crippen LogP contribution >= 0.6 is 0 Å². The molecule has 2 nitrogen and oxygen atoms in total. The average molecular weight is 460 g/mol. The second-order valence-electron chi connectivity index (χ2n) is 3.31. The molecule has 1 fully saturated rings. The van der Waals surface area contributed by atoms with Gasteiger partial charge in [-0.25, -0.2) is 0 Å². The van der Waals surface area contributed by atoms with Crippen LogP contribution in [0.5, 0.6) is 0 Å². The summed E-state index contributed by atoms with van der Waals surface area (Å²) in [6, 6.07) is 0. The predicted octanol–water partition coefficient (Wildman–Crippen LogP) is 1.99. The van der Waals surface area contributed by atoms with E-state index in [1.165, 1.54) is 25.9 Å². The zero-order valence-corrected chi connectivity index (χ0v) is 16.9. The van der Waals surface area contributed by atoms with Gasteiger partial charge in [0.2, 0.25) is 0 Å². The molecule has 4 heteroatoms. The number of rotatable bonds is 1. The molecule has 0 spiro atoms. The SMILES string of the molecule is CN1CCCC1.[CH2-]CN(C)C.[CH3-].[CH3-].[W].[Y]. The van der Waals surface area contributed by atoms with E-state index in [1.807, 2.05) is 19.0 Å². The van der Waals surface area contributed by atoms with Crippen molar-refractivity contribution in [1.82, 2.24) is 9.80 Å². The minimum atomic E-state index is 0. The van der Waals surface area contributed by atoms with E-state index in [0.29, 0.717) is 0 Å². The van der Waals surface area contributed by atoms with E-state index in [-0.39, 0.29) is 68.6 Å². The summed E-state index contributed by atoms with van der Waals surface area (Å²) in [5, 5.41) is 0. The Kier molecular flexibility index (Phi) is 42.2. The van der Waals surface area contributed by atoms with E-state index < -0.39 is 0 Å². The van der Waals surface area contributed by atoms with Crippen molar-refractivity contribution >= 4 is 0 Å². The van der Waals surface area contributed by atoms with E-state index in [9.17, 15) is 0 Å². The predicted molar refractivity (Wildman–Crippen MR) is 63.5 cm³/mol. The van der Waals surface area contributed by atoms with Crippen LogP contribution in [0.1, 0.15) is 12.8 Å². The van der Waals surface area contributed by atoms with Gasteiger partial charge in [0.1, 0.15) is 0 Å². The third-order valence-electron chi connectivity index (χ3n) is 1.78. The molecule has 1 radical (unpaired) electrons. The monoisotopic (exact) mass is 460 g/mol. The standard InChI is InChI=1S/C5H11N.C4H10N.2CH3.W.Y/c1-6-4-2-3-5-6;1-4-5(2)3;;;;/h2-5H2,1H3;1,4H2,2-3H3;2*1H3;;/q;3*-1;;. The minimum absolute atomic E-state index is 0. The molecule has 0 saturated carbocycles. The van der Waals surface area contributed by atoms with Crippen molar-refractivity contribution in [3.8, 4) is 0 Å². The summed E-state index contributed by atoms with van der Waals surface area (Å²) < 4.78 is 0. The summed E-state index contributed by atoms with van der Waals surface area (Å²) in [6.07, 6.45) is 2.83. The number of likely N-dealkylation sites (tertiary alicyclic amines) is 1. The number of hydrogen-bond acceptors (Lipinski definition) is 2. The summed E-state index contributed by atoms with van der Waals surface area (Å²) in [5.41, 5.74) is 0. The maximum Gasteiger partial charge on any atom is 0 e. The summed E-state index contributed by atoms with van der Waals surface area (Å²) >= 11 is 0. The fraction of sp³-hybridized carbons (Fsp3) is 0.727. The van der Waals surface area contributed by atoms with Crippen molar-refractivity contribution in [1.29, 1.82) is 0 Å². The maximum absolute atomic E-state index is 3.61. The largest absolute Gasteiger partial charge is 0.358 e. The van der Waals surface area contributed by atoms with Crippen LogP contribution in [0, 0.1) is 21.8 Å². The summed E-state index contributed by atoms with van der Waals surface area (Å²) in [4.78, 5) is 4.38. The molecule has 0 aromatic rings. The van der Waals surface area contributed by atoms with Crippen LogP contribution in [0.3, 0.4) is 0 Å². The Hall–Kier alpha value is 1.71. The zero-order valence-electron chi connectivity index (χ0n) is 11.1. The van der Waals surface area contributed by atoms with E-state index >= 15 is 0 Å². The van der Waals surface area contributed by atoms with E-state index in [1.54, 1.807) is 0 Å². The Balaban J connectivity index is -0.0000000356. The van der Waals surface area contributed by atoms with Crippen molar-refractivity contribution in [3.63, 3.8) is 0 Å². The average Bonchev–Trinajstić information content (AvgIpc) is 2.41. The third-order valence-corrected chi connectivity index (χ3v) is 1.78. The molecule has 15 heavy (non-hydrogen) atoms. The molecular weight excluding hydrogens is 433 g/mol. The second kappa shape index (κ2) is 21.0. The number of hydrogen-bond donors (Lipinski definition) is 0. The molecule has 0 unspecified atom stereocenters. The van der Waals surface area contributed by atoms with Crippen molar-refractivity contribution in [2.45, 2.75) is 12.8 Å². The van der Waals surface area contributed by atoms with Crippen LogP contribution in [0.15, 0.2) is 0 Å². The molecule has 0 aromatic carbocycles. The van der Waals surface area contributed by atoms with Gasteiger partial charge in [-0.1, -0.05) is 0 Å². The second-order valence-corrected chi connectivity index (χ2v) is 3.31.